The van der Waals surface area contributed by atoms with Gasteiger partial charge in [0.15, 0.2) is 5.82 Å². The maximum absolute atomic E-state index is 8.25. The summed E-state index contributed by atoms with van der Waals surface area (Å²) in [5.41, 5.74) is 13.2. The minimum atomic E-state index is 0. The Kier molecular flexibility index (Phi) is 25.4. The summed E-state index contributed by atoms with van der Waals surface area (Å²) in [4.78, 5) is 59.9. The van der Waals surface area contributed by atoms with Gasteiger partial charge in [0.05, 0.1) is 87.5 Å². The molecular weight excluding hydrogens is 1040 g/mol. The van der Waals surface area contributed by atoms with Crippen molar-refractivity contribution in [2.75, 3.05) is 57.2 Å². The standard InChI is InChI=1S/C15H15N5O.C14H13N5O.C9H7ClN2.C5H7N3O.C4H4BrN3.CH3O.CH4.Na/c1-10-18-12-7-5-4-6-11(12)15(19-10)20(2)13-8-17-14(21-3)9-16-13;1-9-17-11-6-4-3-5-10(11)14(18-9)19-12-7-16-13(20-2)8-15-12;1-6-11-8-5-3-2-4-7(8)9(10)12-6;1-9-5-3-7-4(6)2-8-5;5-3-1-8-4(6)2-7-3;1-2;;/h4-9H,1-3H3;3-8H,1-2H3,(H,15,17,18,19);2-5H,1H3;2-3H,1H3,(H2,6,7);1-2H,(H2,6,8);1H3;1H4;/q;;;;;-1;;+1. The van der Waals surface area contributed by atoms with Gasteiger partial charge in [-0.25, -0.2) is 69.8 Å². The Balaban J connectivity index is 0.000000252. The van der Waals surface area contributed by atoms with E-state index in [-0.39, 0.29) is 37.0 Å². The van der Waals surface area contributed by atoms with Crippen LogP contribution in [0.3, 0.4) is 0 Å². The molecule has 378 valence electrons. The second-order valence-electron chi connectivity index (χ2n) is 14.1. The van der Waals surface area contributed by atoms with E-state index in [1.807, 2.05) is 106 Å². The molecule has 7 heterocycles. The molecule has 22 nitrogen and oxygen atoms in total. The SMILES string of the molecule is C.COc1cnc(N(C)c2nc(C)nc3ccccc23)cn1.COc1cnc(N)cn1.COc1cnc(Nc2nc(C)nc3ccccc23)cn1.C[O-].Cc1nc(Cl)c2ccccc2n1.Nc1cnc(Br)cn1.[Na+]. The van der Waals surface area contributed by atoms with Crippen molar-refractivity contribution in [1.29, 1.82) is 0 Å². The van der Waals surface area contributed by atoms with Crippen LogP contribution in [0.5, 0.6) is 17.6 Å². The summed E-state index contributed by atoms with van der Waals surface area (Å²) in [7, 11) is 7.30. The van der Waals surface area contributed by atoms with Crippen LogP contribution < -0.4 is 70.6 Å². The molecular formula is C49H53BrClN18NaO4. The van der Waals surface area contributed by atoms with Gasteiger partial charge in [0.2, 0.25) is 17.6 Å². The van der Waals surface area contributed by atoms with Gasteiger partial charge in [0, 0.05) is 23.2 Å². The second-order valence-corrected chi connectivity index (χ2v) is 15.3. The van der Waals surface area contributed by atoms with Gasteiger partial charge in [-0.2, -0.15) is 7.11 Å². The van der Waals surface area contributed by atoms with Crippen LogP contribution in [0.4, 0.5) is 34.9 Å². The largest absolute Gasteiger partial charge is 1.00 e. The zero-order chi connectivity index (χ0) is 52.0. The van der Waals surface area contributed by atoms with Gasteiger partial charge in [-0.15, -0.1) is 0 Å². The molecule has 10 rings (SSSR count). The molecule has 5 N–H and O–H groups in total. The van der Waals surface area contributed by atoms with E-state index in [0.717, 1.165) is 51.5 Å². The summed E-state index contributed by atoms with van der Waals surface area (Å²) < 4.78 is 15.4. The molecule has 0 aliphatic rings. The van der Waals surface area contributed by atoms with Crippen molar-refractivity contribution in [3.05, 3.63) is 150 Å². The molecule has 7 aromatic heterocycles. The third-order valence-electron chi connectivity index (χ3n) is 9.14. The van der Waals surface area contributed by atoms with Gasteiger partial charge in [-0.3, -0.25) is 0 Å². The summed E-state index contributed by atoms with van der Waals surface area (Å²) in [5, 5.41) is 14.8. The molecule has 0 unspecified atom stereocenters. The van der Waals surface area contributed by atoms with E-state index in [9.17, 15) is 0 Å². The minimum Gasteiger partial charge on any atom is -0.857 e. The predicted octanol–water partition coefficient (Wildman–Crippen LogP) is 5.08. The number of para-hydroxylation sites is 3. The average molecular weight is 1100 g/mol. The van der Waals surface area contributed by atoms with Crippen LogP contribution in [0.25, 0.3) is 32.7 Å². The van der Waals surface area contributed by atoms with Crippen LogP contribution in [0.2, 0.25) is 5.15 Å². The zero-order valence-electron chi connectivity index (χ0n) is 41.3. The molecule has 0 bridgehead atoms. The number of hydrogen-bond donors (Lipinski definition) is 3. The van der Waals surface area contributed by atoms with Crippen molar-refractivity contribution >= 4 is 95.1 Å². The van der Waals surface area contributed by atoms with E-state index in [4.69, 9.17) is 42.4 Å². The zero-order valence-corrected chi connectivity index (χ0v) is 45.6. The minimum absolute atomic E-state index is 0. The van der Waals surface area contributed by atoms with Crippen molar-refractivity contribution in [1.82, 2.24) is 69.8 Å². The Morgan fingerprint density at radius 2 is 0.973 bits per heavy atom. The smallest absolute Gasteiger partial charge is 0.857 e. The molecule has 0 saturated heterocycles. The van der Waals surface area contributed by atoms with Gasteiger partial charge in [0.25, 0.3) is 0 Å². The molecule has 3 aromatic carbocycles. The fourth-order valence-corrected chi connectivity index (χ4v) is 6.41. The topological polar surface area (TPSA) is 299 Å². The molecule has 0 saturated carbocycles. The number of nitrogens with two attached hydrogens (primary N) is 2. The molecule has 10 aromatic rings. The van der Waals surface area contributed by atoms with Gasteiger partial charge in [-0.05, 0) is 73.1 Å². The number of nitrogens with zero attached hydrogens (tertiary/aromatic N) is 15. The Morgan fingerprint density at radius 3 is 1.46 bits per heavy atom. The quantitative estimate of drug-likeness (QED) is 0.138. The summed E-state index contributed by atoms with van der Waals surface area (Å²) >= 11 is 9.03. The van der Waals surface area contributed by atoms with Crippen LogP contribution in [0.15, 0.2) is 127 Å². The van der Waals surface area contributed by atoms with Crippen molar-refractivity contribution < 1.29 is 48.9 Å². The van der Waals surface area contributed by atoms with E-state index in [1.165, 1.54) is 25.7 Å². The number of methoxy groups -OCH3 is 3. The maximum atomic E-state index is 8.25. The van der Waals surface area contributed by atoms with Crippen LogP contribution in [-0.4, -0.2) is 105 Å². The van der Waals surface area contributed by atoms with Gasteiger partial charge in [-0.1, -0.05) is 55.4 Å². The molecule has 0 fully saturated rings. The number of aromatic nitrogens is 14. The van der Waals surface area contributed by atoms with Crippen molar-refractivity contribution in [3.8, 4) is 17.6 Å². The first kappa shape index (κ1) is 60.6. The first-order valence-corrected chi connectivity index (χ1v) is 22.3. The van der Waals surface area contributed by atoms with Crippen molar-refractivity contribution in [2.24, 2.45) is 0 Å². The molecule has 0 aliphatic carbocycles. The number of halogens is 2. The number of hydrogen-bond acceptors (Lipinski definition) is 22. The van der Waals surface area contributed by atoms with E-state index in [2.05, 4.69) is 91.0 Å². The number of anilines is 6. The van der Waals surface area contributed by atoms with Crippen LogP contribution in [0.1, 0.15) is 24.9 Å². The van der Waals surface area contributed by atoms with Gasteiger partial charge < -0.3 is 41.0 Å². The van der Waals surface area contributed by atoms with Gasteiger partial charge in [0.1, 0.15) is 56.3 Å². The average Bonchev–Trinajstić information content (AvgIpc) is 3.41. The molecule has 0 amide bonds. The maximum Gasteiger partial charge on any atom is 1.00 e. The molecule has 0 atom stereocenters. The first-order valence-electron chi connectivity index (χ1n) is 21.2. The van der Waals surface area contributed by atoms with Crippen molar-refractivity contribution in [2.45, 2.75) is 28.2 Å². The molecule has 74 heavy (non-hydrogen) atoms. The number of rotatable bonds is 7. The van der Waals surface area contributed by atoms with E-state index >= 15 is 0 Å². The summed E-state index contributed by atoms with van der Waals surface area (Å²) in [5.74, 6) is 7.21. The fourth-order valence-electron chi connectivity index (χ4n) is 5.92. The summed E-state index contributed by atoms with van der Waals surface area (Å²) in [6, 6.07) is 23.4. The van der Waals surface area contributed by atoms with Crippen LogP contribution >= 0.6 is 27.5 Å². The molecule has 25 heteroatoms. The normalized spacial score (nSPS) is 9.72. The Morgan fingerprint density at radius 1 is 0.527 bits per heavy atom. The number of aryl methyl sites for hydroxylation is 3. The third kappa shape index (κ3) is 18.1. The van der Waals surface area contributed by atoms with Crippen LogP contribution in [0, 0.1) is 20.8 Å². The number of ether oxygens (including phenoxy) is 3. The predicted molar refractivity (Wildman–Crippen MR) is 286 cm³/mol. The Bertz CT molecular complexity index is 3250. The second kappa shape index (κ2) is 31.0. The first-order chi connectivity index (χ1) is 34.8. The number of benzene rings is 3. The van der Waals surface area contributed by atoms with E-state index < -0.39 is 0 Å². The summed E-state index contributed by atoms with van der Waals surface area (Å²) in [6.45, 7) is 5.57. The number of fused-ring (bicyclic) bond motifs is 3. The van der Waals surface area contributed by atoms with Crippen LogP contribution in [-0.2, 0) is 0 Å². The van der Waals surface area contributed by atoms with E-state index in [0.29, 0.717) is 68.1 Å². The Hall–Kier alpha value is -7.67. The molecule has 0 spiro atoms. The monoisotopic (exact) mass is 1090 g/mol. The van der Waals surface area contributed by atoms with Gasteiger partial charge >= 0.3 is 29.6 Å². The summed E-state index contributed by atoms with van der Waals surface area (Å²) in [6.07, 6.45) is 12.4. The third-order valence-corrected chi connectivity index (χ3v) is 9.84. The molecule has 0 aliphatic heterocycles. The number of nitrogen functional groups attached to an aromatic ring is 2. The fraction of sp³-hybridized carbons (Fsp3) is 0.184. The van der Waals surface area contributed by atoms with Crippen molar-refractivity contribution in [3.63, 3.8) is 0 Å². The Labute approximate surface area is 463 Å². The van der Waals surface area contributed by atoms with E-state index in [1.54, 1.807) is 45.2 Å². The molecule has 0 radical (unpaired) electrons. The number of nitrogens with one attached hydrogen (secondary N) is 1.